The van der Waals surface area contributed by atoms with Gasteiger partial charge in [0.15, 0.2) is 0 Å². The number of carbonyl (C=O) groups is 2. The highest BCUT2D eigenvalue weighted by Crippen LogP contribution is 2.57. The van der Waals surface area contributed by atoms with Gasteiger partial charge in [0, 0.05) is 6.54 Å². The summed E-state index contributed by atoms with van der Waals surface area (Å²) in [5.74, 6) is 0.431. The minimum absolute atomic E-state index is 0.0890. The van der Waals surface area contributed by atoms with E-state index in [9.17, 15) is 14.7 Å². The number of hydrogen-bond donors (Lipinski definition) is 2. The predicted molar refractivity (Wildman–Crippen MR) is 90.3 cm³/mol. The number of hydrogen-bond acceptors (Lipinski definition) is 2. The van der Waals surface area contributed by atoms with Crippen LogP contribution in [0.15, 0.2) is 30.3 Å². The van der Waals surface area contributed by atoms with E-state index in [2.05, 4.69) is 17.4 Å². The van der Waals surface area contributed by atoms with Crippen molar-refractivity contribution in [1.82, 2.24) is 5.32 Å². The van der Waals surface area contributed by atoms with E-state index in [4.69, 9.17) is 0 Å². The number of fused-ring (bicyclic) bond motifs is 2. The van der Waals surface area contributed by atoms with Gasteiger partial charge in [0.25, 0.3) is 0 Å². The lowest BCUT2D eigenvalue weighted by atomic mass is 9.68. The Morgan fingerprint density at radius 2 is 1.92 bits per heavy atom. The van der Waals surface area contributed by atoms with Gasteiger partial charge < -0.3 is 10.4 Å². The van der Waals surface area contributed by atoms with Gasteiger partial charge in [0.05, 0.1) is 10.8 Å². The molecular weight excluding hydrogens is 302 g/mol. The van der Waals surface area contributed by atoms with Crippen molar-refractivity contribution in [2.24, 2.45) is 22.7 Å². The normalized spacial score (nSPS) is 32.5. The molecule has 1 aromatic rings. The first-order valence-corrected chi connectivity index (χ1v) is 9.10. The molecular formula is C20H25NO3. The summed E-state index contributed by atoms with van der Waals surface area (Å²) >= 11 is 0. The van der Waals surface area contributed by atoms with Crippen molar-refractivity contribution < 1.29 is 14.7 Å². The molecule has 0 heterocycles. The third kappa shape index (κ3) is 2.52. The first-order chi connectivity index (χ1) is 11.5. The molecule has 4 nitrogen and oxygen atoms in total. The summed E-state index contributed by atoms with van der Waals surface area (Å²) in [6.45, 7) is 0.287. The number of carbonyl (C=O) groups excluding carboxylic acids is 1. The standard InChI is InChI=1S/C20H25NO3/c22-17(21-13-19(8-9-19)18(23)24)20(11-14-4-2-1-3-5-14)12-15-6-7-16(20)10-15/h1-5,15-16H,6-13H2,(H,21,22)(H,23,24). The molecule has 1 aromatic carbocycles. The summed E-state index contributed by atoms with van der Waals surface area (Å²) in [5, 5.41) is 12.4. The second-order valence-electron chi connectivity index (χ2n) is 8.17. The summed E-state index contributed by atoms with van der Waals surface area (Å²) < 4.78 is 0. The summed E-state index contributed by atoms with van der Waals surface area (Å²) in [6.07, 6.45) is 6.63. The fraction of sp³-hybridized carbons (Fsp3) is 0.600. The van der Waals surface area contributed by atoms with Gasteiger partial charge in [-0.15, -0.1) is 0 Å². The predicted octanol–water partition coefficient (Wildman–Crippen LogP) is 3.02. The van der Waals surface area contributed by atoms with Gasteiger partial charge in [-0.25, -0.2) is 0 Å². The van der Waals surface area contributed by atoms with Gasteiger partial charge in [-0.3, -0.25) is 9.59 Å². The van der Waals surface area contributed by atoms with Crippen molar-refractivity contribution in [3.63, 3.8) is 0 Å². The Bertz CT molecular complexity index is 652. The molecule has 4 heteroatoms. The van der Waals surface area contributed by atoms with Crippen molar-refractivity contribution >= 4 is 11.9 Å². The number of amides is 1. The van der Waals surface area contributed by atoms with Crippen LogP contribution in [0, 0.1) is 22.7 Å². The number of nitrogens with one attached hydrogen (secondary N) is 1. The lowest BCUT2D eigenvalue weighted by molar-refractivity contribution is -0.143. The van der Waals surface area contributed by atoms with E-state index >= 15 is 0 Å². The van der Waals surface area contributed by atoms with Crippen molar-refractivity contribution in [3.8, 4) is 0 Å². The SMILES string of the molecule is O=C(O)C1(CNC(=O)C2(Cc3ccccc3)CC3CCC2C3)CC1. The molecule has 4 rings (SSSR count). The van der Waals surface area contributed by atoms with Crippen molar-refractivity contribution in [3.05, 3.63) is 35.9 Å². The van der Waals surface area contributed by atoms with Crippen LogP contribution in [0.5, 0.6) is 0 Å². The molecule has 0 saturated heterocycles. The lowest BCUT2D eigenvalue weighted by Crippen LogP contribution is -2.48. The smallest absolute Gasteiger partial charge is 0.311 e. The minimum atomic E-state index is -0.771. The van der Waals surface area contributed by atoms with Crippen LogP contribution in [0.2, 0.25) is 0 Å². The number of aliphatic carboxylic acids is 1. The van der Waals surface area contributed by atoms with E-state index in [0.29, 0.717) is 24.7 Å². The minimum Gasteiger partial charge on any atom is -0.481 e. The number of benzene rings is 1. The van der Waals surface area contributed by atoms with Crippen LogP contribution >= 0.6 is 0 Å². The van der Waals surface area contributed by atoms with Crippen LogP contribution in [0.1, 0.15) is 44.1 Å². The Balaban J connectivity index is 1.52. The van der Waals surface area contributed by atoms with E-state index in [1.165, 1.54) is 12.0 Å². The topological polar surface area (TPSA) is 66.4 Å². The van der Waals surface area contributed by atoms with Gasteiger partial charge in [0.2, 0.25) is 5.91 Å². The van der Waals surface area contributed by atoms with Crippen molar-refractivity contribution in [2.45, 2.75) is 44.9 Å². The molecule has 128 valence electrons. The van der Waals surface area contributed by atoms with Crippen LogP contribution in [0.3, 0.4) is 0 Å². The molecule has 3 saturated carbocycles. The van der Waals surface area contributed by atoms with Gasteiger partial charge in [-0.1, -0.05) is 36.8 Å². The third-order valence-corrected chi connectivity index (χ3v) is 6.68. The molecule has 24 heavy (non-hydrogen) atoms. The van der Waals surface area contributed by atoms with E-state index in [-0.39, 0.29) is 17.9 Å². The zero-order valence-corrected chi connectivity index (χ0v) is 14.0. The second-order valence-corrected chi connectivity index (χ2v) is 8.17. The number of rotatable bonds is 6. The maximum absolute atomic E-state index is 13.2. The van der Waals surface area contributed by atoms with E-state index in [0.717, 1.165) is 25.7 Å². The van der Waals surface area contributed by atoms with Gasteiger partial charge in [-0.2, -0.15) is 0 Å². The molecule has 3 aliphatic carbocycles. The van der Waals surface area contributed by atoms with Gasteiger partial charge in [-0.05, 0) is 55.9 Å². The van der Waals surface area contributed by atoms with Crippen LogP contribution < -0.4 is 5.32 Å². The molecule has 1 amide bonds. The van der Waals surface area contributed by atoms with Gasteiger partial charge >= 0.3 is 5.97 Å². The zero-order valence-electron chi connectivity index (χ0n) is 14.0. The Morgan fingerprint density at radius 3 is 2.46 bits per heavy atom. The van der Waals surface area contributed by atoms with Crippen LogP contribution in [0.4, 0.5) is 0 Å². The molecule has 2 N–H and O–H groups in total. The maximum atomic E-state index is 13.2. The fourth-order valence-electron chi connectivity index (χ4n) is 5.02. The Kier molecular flexibility index (Phi) is 3.66. The Hall–Kier alpha value is -1.84. The first-order valence-electron chi connectivity index (χ1n) is 9.10. The van der Waals surface area contributed by atoms with E-state index in [1.807, 2.05) is 18.2 Å². The Labute approximate surface area is 142 Å². The number of carboxylic acids is 1. The molecule has 2 bridgehead atoms. The first kappa shape index (κ1) is 15.7. The molecule has 0 aromatic heterocycles. The molecule has 3 atom stereocenters. The van der Waals surface area contributed by atoms with Crippen LogP contribution in [-0.2, 0) is 16.0 Å². The molecule has 3 unspecified atom stereocenters. The number of carboxylic acid groups (broad SMARTS) is 1. The zero-order chi connectivity index (χ0) is 16.8. The third-order valence-electron chi connectivity index (χ3n) is 6.68. The summed E-state index contributed by atoms with van der Waals surface area (Å²) in [5.41, 5.74) is 0.180. The maximum Gasteiger partial charge on any atom is 0.311 e. The summed E-state index contributed by atoms with van der Waals surface area (Å²) in [7, 11) is 0. The lowest BCUT2D eigenvalue weighted by Gasteiger charge is -2.37. The highest BCUT2D eigenvalue weighted by molar-refractivity contribution is 5.85. The molecule has 0 radical (unpaired) electrons. The van der Waals surface area contributed by atoms with Crippen molar-refractivity contribution in [2.75, 3.05) is 6.54 Å². The average molecular weight is 327 g/mol. The molecule has 0 spiro atoms. The Morgan fingerprint density at radius 1 is 1.17 bits per heavy atom. The average Bonchev–Trinajstić information content (AvgIpc) is 3.12. The van der Waals surface area contributed by atoms with Crippen molar-refractivity contribution in [1.29, 1.82) is 0 Å². The monoisotopic (exact) mass is 327 g/mol. The van der Waals surface area contributed by atoms with Crippen LogP contribution in [0.25, 0.3) is 0 Å². The second kappa shape index (κ2) is 5.61. The summed E-state index contributed by atoms with van der Waals surface area (Å²) in [6, 6.07) is 10.2. The quantitative estimate of drug-likeness (QED) is 0.844. The van der Waals surface area contributed by atoms with E-state index in [1.54, 1.807) is 0 Å². The molecule has 3 fully saturated rings. The van der Waals surface area contributed by atoms with Crippen LogP contribution in [-0.4, -0.2) is 23.5 Å². The van der Waals surface area contributed by atoms with E-state index < -0.39 is 11.4 Å². The fourth-order valence-corrected chi connectivity index (χ4v) is 5.02. The largest absolute Gasteiger partial charge is 0.481 e. The highest BCUT2D eigenvalue weighted by Gasteiger charge is 2.56. The highest BCUT2D eigenvalue weighted by atomic mass is 16.4. The molecule has 0 aliphatic heterocycles. The van der Waals surface area contributed by atoms with Gasteiger partial charge in [0.1, 0.15) is 0 Å². The summed E-state index contributed by atoms with van der Waals surface area (Å²) in [4.78, 5) is 24.5. The molecule has 3 aliphatic rings.